The van der Waals surface area contributed by atoms with Crippen molar-refractivity contribution in [2.75, 3.05) is 0 Å². The molecule has 1 N–H and O–H groups in total. The Bertz CT molecular complexity index is 772. The minimum atomic E-state index is -0.126. The monoisotopic (exact) mass is 280 g/mol. The number of nitrogens with zero attached hydrogens (tertiary/aromatic N) is 2. The predicted octanol–water partition coefficient (Wildman–Crippen LogP) is 3.01. The molecule has 106 valence electrons. The van der Waals surface area contributed by atoms with Gasteiger partial charge in [0.15, 0.2) is 0 Å². The maximum Gasteiger partial charge on any atom is 0.143 e. The number of hydrogen-bond acceptors (Lipinski definition) is 4. The number of benzene rings is 1. The normalized spacial score (nSPS) is 10.8. The molecular formula is C17H16N2O2. The van der Waals surface area contributed by atoms with E-state index in [0.717, 1.165) is 22.2 Å². The summed E-state index contributed by atoms with van der Waals surface area (Å²) in [7, 11) is 0. The third-order valence-electron chi connectivity index (χ3n) is 3.28. The van der Waals surface area contributed by atoms with Crippen molar-refractivity contribution in [2.45, 2.75) is 20.1 Å². The van der Waals surface area contributed by atoms with Crippen molar-refractivity contribution in [1.82, 2.24) is 9.97 Å². The topological polar surface area (TPSA) is 55.2 Å². The molecule has 3 aromatic rings. The molecule has 0 saturated carbocycles. The lowest BCUT2D eigenvalue weighted by molar-refractivity contribution is 0.253. The number of aromatic nitrogens is 2. The molecule has 0 fully saturated rings. The number of hydrogen-bond donors (Lipinski definition) is 1. The van der Waals surface area contributed by atoms with Crippen molar-refractivity contribution in [1.29, 1.82) is 0 Å². The summed E-state index contributed by atoms with van der Waals surface area (Å²) in [4.78, 5) is 8.56. The maximum atomic E-state index is 9.33. The molecule has 0 unspecified atom stereocenters. The lowest BCUT2D eigenvalue weighted by Crippen LogP contribution is -2.01. The van der Waals surface area contributed by atoms with E-state index in [2.05, 4.69) is 16.0 Å². The van der Waals surface area contributed by atoms with Gasteiger partial charge in [0.2, 0.25) is 0 Å². The van der Waals surface area contributed by atoms with Gasteiger partial charge in [-0.3, -0.25) is 9.97 Å². The summed E-state index contributed by atoms with van der Waals surface area (Å²) in [6.45, 7) is 2.19. The minimum absolute atomic E-state index is 0.126. The molecule has 0 radical (unpaired) electrons. The number of aliphatic hydroxyl groups is 1. The van der Waals surface area contributed by atoms with Crippen LogP contribution in [0.2, 0.25) is 0 Å². The molecule has 0 amide bonds. The third-order valence-corrected chi connectivity index (χ3v) is 3.28. The number of pyridine rings is 2. The summed E-state index contributed by atoms with van der Waals surface area (Å²) in [6, 6.07) is 13.7. The van der Waals surface area contributed by atoms with Crippen molar-refractivity contribution in [3.63, 3.8) is 0 Å². The van der Waals surface area contributed by atoms with E-state index in [1.54, 1.807) is 6.20 Å². The Kier molecular flexibility index (Phi) is 3.79. The highest BCUT2D eigenvalue weighted by molar-refractivity contribution is 5.78. The average Bonchev–Trinajstić information content (AvgIpc) is 2.53. The van der Waals surface area contributed by atoms with Crippen molar-refractivity contribution in [3.8, 4) is 5.75 Å². The smallest absolute Gasteiger partial charge is 0.143 e. The van der Waals surface area contributed by atoms with E-state index < -0.39 is 0 Å². The molecule has 0 saturated heterocycles. The molecule has 0 aliphatic heterocycles. The zero-order valence-electron chi connectivity index (χ0n) is 11.8. The van der Waals surface area contributed by atoms with Gasteiger partial charge in [-0.1, -0.05) is 12.1 Å². The molecule has 4 nitrogen and oxygen atoms in total. The van der Waals surface area contributed by atoms with E-state index in [-0.39, 0.29) is 6.61 Å². The van der Waals surface area contributed by atoms with Crippen molar-refractivity contribution >= 4 is 10.9 Å². The molecule has 21 heavy (non-hydrogen) atoms. The van der Waals surface area contributed by atoms with Gasteiger partial charge in [-0.05, 0) is 42.8 Å². The molecule has 0 aliphatic rings. The van der Waals surface area contributed by atoms with Gasteiger partial charge in [0.1, 0.15) is 18.1 Å². The van der Waals surface area contributed by atoms with Gasteiger partial charge < -0.3 is 9.84 Å². The largest absolute Gasteiger partial charge is 0.487 e. The lowest BCUT2D eigenvalue weighted by Gasteiger charge is -2.10. The van der Waals surface area contributed by atoms with E-state index in [4.69, 9.17) is 4.74 Å². The van der Waals surface area contributed by atoms with E-state index in [1.807, 2.05) is 43.3 Å². The van der Waals surface area contributed by atoms with Gasteiger partial charge in [-0.2, -0.15) is 0 Å². The van der Waals surface area contributed by atoms with Crippen LogP contribution in [0.1, 0.15) is 17.0 Å². The van der Waals surface area contributed by atoms with Crippen LogP contribution in [-0.2, 0) is 13.2 Å². The summed E-state index contributed by atoms with van der Waals surface area (Å²) in [6.07, 6.45) is 1.78. The molecule has 0 atom stereocenters. The van der Waals surface area contributed by atoms with Crippen molar-refractivity contribution < 1.29 is 9.84 Å². The average molecular weight is 280 g/mol. The second kappa shape index (κ2) is 5.89. The first-order chi connectivity index (χ1) is 10.3. The molecule has 2 heterocycles. The van der Waals surface area contributed by atoms with Crippen LogP contribution in [0.4, 0.5) is 0 Å². The first-order valence-corrected chi connectivity index (χ1v) is 6.80. The van der Waals surface area contributed by atoms with Crippen molar-refractivity contribution in [2.24, 2.45) is 0 Å². The van der Waals surface area contributed by atoms with Gasteiger partial charge in [0, 0.05) is 17.3 Å². The quantitative estimate of drug-likeness (QED) is 0.798. The standard InChI is InChI=1S/C17H16N2O2/c1-12-4-7-17(16(10-20)19-12)21-11-13-5-6-15-14(9-13)3-2-8-18-15/h2-9,20H,10-11H2,1H3. The van der Waals surface area contributed by atoms with Crippen LogP contribution in [0, 0.1) is 6.92 Å². The van der Waals surface area contributed by atoms with Crippen LogP contribution in [-0.4, -0.2) is 15.1 Å². The van der Waals surface area contributed by atoms with E-state index in [1.165, 1.54) is 0 Å². The highest BCUT2D eigenvalue weighted by Gasteiger charge is 2.05. The number of fused-ring (bicyclic) bond motifs is 1. The second-order valence-electron chi connectivity index (χ2n) is 4.87. The predicted molar refractivity (Wildman–Crippen MR) is 81.0 cm³/mol. The Hall–Kier alpha value is -2.46. The number of rotatable bonds is 4. The van der Waals surface area contributed by atoms with E-state index in [0.29, 0.717) is 18.1 Å². The molecule has 0 spiro atoms. The van der Waals surface area contributed by atoms with Gasteiger partial charge >= 0.3 is 0 Å². The Labute approximate surface area is 123 Å². The van der Waals surface area contributed by atoms with Crippen LogP contribution >= 0.6 is 0 Å². The van der Waals surface area contributed by atoms with E-state index >= 15 is 0 Å². The lowest BCUT2D eigenvalue weighted by atomic mass is 10.1. The Morgan fingerprint density at radius 1 is 1.14 bits per heavy atom. The SMILES string of the molecule is Cc1ccc(OCc2ccc3ncccc3c2)c(CO)n1. The van der Waals surface area contributed by atoms with Crippen LogP contribution in [0.15, 0.2) is 48.7 Å². The second-order valence-corrected chi connectivity index (χ2v) is 4.87. The summed E-state index contributed by atoms with van der Waals surface area (Å²) in [5.41, 5.74) is 3.45. The molecule has 3 rings (SSSR count). The third kappa shape index (κ3) is 3.01. The Morgan fingerprint density at radius 2 is 2.05 bits per heavy atom. The molecular weight excluding hydrogens is 264 g/mol. The molecule has 0 bridgehead atoms. The Balaban J connectivity index is 1.80. The van der Waals surface area contributed by atoms with Gasteiger partial charge in [-0.15, -0.1) is 0 Å². The van der Waals surface area contributed by atoms with Gasteiger partial charge in [0.25, 0.3) is 0 Å². The number of aryl methyl sites for hydroxylation is 1. The fourth-order valence-corrected chi connectivity index (χ4v) is 2.22. The van der Waals surface area contributed by atoms with Crippen LogP contribution in [0.3, 0.4) is 0 Å². The van der Waals surface area contributed by atoms with Crippen LogP contribution in [0.25, 0.3) is 10.9 Å². The highest BCUT2D eigenvalue weighted by atomic mass is 16.5. The summed E-state index contributed by atoms with van der Waals surface area (Å²) in [5, 5.41) is 10.4. The van der Waals surface area contributed by atoms with Gasteiger partial charge in [-0.25, -0.2) is 0 Å². The van der Waals surface area contributed by atoms with Crippen molar-refractivity contribution in [3.05, 3.63) is 65.6 Å². The molecule has 0 aliphatic carbocycles. The summed E-state index contributed by atoms with van der Waals surface area (Å²) >= 11 is 0. The zero-order valence-corrected chi connectivity index (χ0v) is 11.8. The summed E-state index contributed by atoms with van der Waals surface area (Å²) < 4.78 is 5.78. The van der Waals surface area contributed by atoms with Crippen LogP contribution < -0.4 is 4.74 Å². The molecule has 2 aromatic heterocycles. The first kappa shape index (κ1) is 13.5. The Morgan fingerprint density at radius 3 is 2.90 bits per heavy atom. The molecule has 1 aromatic carbocycles. The fraction of sp³-hybridized carbons (Fsp3) is 0.176. The maximum absolute atomic E-state index is 9.33. The fourth-order valence-electron chi connectivity index (χ4n) is 2.22. The number of ether oxygens (including phenoxy) is 1. The van der Waals surface area contributed by atoms with Crippen LogP contribution in [0.5, 0.6) is 5.75 Å². The summed E-state index contributed by atoms with van der Waals surface area (Å²) in [5.74, 6) is 0.620. The first-order valence-electron chi connectivity index (χ1n) is 6.80. The molecule has 4 heteroatoms. The van der Waals surface area contributed by atoms with E-state index in [9.17, 15) is 5.11 Å². The van der Waals surface area contributed by atoms with Gasteiger partial charge in [0.05, 0.1) is 12.1 Å². The zero-order chi connectivity index (χ0) is 14.7. The minimum Gasteiger partial charge on any atom is -0.487 e. The highest BCUT2D eigenvalue weighted by Crippen LogP contribution is 2.20. The number of aliphatic hydroxyl groups excluding tert-OH is 1.